The Kier molecular flexibility index (Phi) is 2.32. The zero-order valence-electron chi connectivity index (χ0n) is 6.52. The molecule has 1 rings (SSSR count). The summed E-state index contributed by atoms with van der Waals surface area (Å²) in [4.78, 5) is 0. The van der Waals surface area contributed by atoms with Crippen molar-refractivity contribution in [2.75, 3.05) is 7.05 Å². The van der Waals surface area contributed by atoms with Gasteiger partial charge in [0.05, 0.1) is 0 Å². The number of allylic oxidation sites excluding steroid dienone is 5. The molecule has 0 bridgehead atoms. The van der Waals surface area contributed by atoms with Crippen LogP contribution in [0.1, 0.15) is 14.8 Å². The van der Waals surface area contributed by atoms with Gasteiger partial charge in [-0.15, -0.1) is 0 Å². The minimum atomic E-state index is 0. The van der Waals surface area contributed by atoms with Gasteiger partial charge in [0.2, 0.25) is 0 Å². The fraction of sp³-hybridized carbons (Fsp3) is 0.333. The smallest absolute Gasteiger partial charge is 0.0334 e. The van der Waals surface area contributed by atoms with Crippen molar-refractivity contribution in [1.29, 1.82) is 0 Å². The highest BCUT2D eigenvalue weighted by Crippen LogP contribution is 2.07. The van der Waals surface area contributed by atoms with Crippen LogP contribution in [0, 0.1) is 0 Å². The Morgan fingerprint density at radius 2 is 2.30 bits per heavy atom. The Hall–Kier alpha value is -0.980. The molecule has 0 unspecified atom stereocenters. The first-order valence-corrected chi connectivity index (χ1v) is 3.54. The monoisotopic (exact) mass is 137 g/mol. The van der Waals surface area contributed by atoms with Crippen LogP contribution in [0.25, 0.3) is 0 Å². The lowest BCUT2D eigenvalue weighted by Gasteiger charge is -1.94. The first-order chi connectivity index (χ1) is 4.83. The van der Waals surface area contributed by atoms with Crippen molar-refractivity contribution in [1.82, 2.24) is 5.32 Å². The van der Waals surface area contributed by atoms with Gasteiger partial charge in [0, 0.05) is 14.2 Å². The molecule has 0 fully saturated rings. The maximum atomic E-state index is 3.09. The molecular weight excluding hydrogens is 122 g/mol. The zero-order valence-corrected chi connectivity index (χ0v) is 6.52. The van der Waals surface area contributed by atoms with Crippen molar-refractivity contribution in [3.63, 3.8) is 0 Å². The maximum Gasteiger partial charge on any atom is 0.0334 e. The minimum absolute atomic E-state index is 0. The molecule has 1 heteroatoms. The molecule has 0 spiro atoms. The van der Waals surface area contributed by atoms with Crippen molar-refractivity contribution in [2.45, 2.75) is 13.3 Å². The van der Waals surface area contributed by atoms with Crippen LogP contribution in [0.4, 0.5) is 0 Å². The topological polar surface area (TPSA) is 12.0 Å². The molecule has 0 heterocycles. The number of hydrogen-bond donors (Lipinski definition) is 1. The van der Waals surface area contributed by atoms with E-state index in [9.17, 15) is 0 Å². The minimum Gasteiger partial charge on any atom is -0.388 e. The predicted molar refractivity (Wildman–Crippen MR) is 46.8 cm³/mol. The second-order valence-corrected chi connectivity index (χ2v) is 2.49. The quantitative estimate of drug-likeness (QED) is 0.584. The van der Waals surface area contributed by atoms with E-state index in [0.29, 0.717) is 0 Å². The summed E-state index contributed by atoms with van der Waals surface area (Å²) in [5.41, 5.74) is 2.58. The largest absolute Gasteiger partial charge is 0.388 e. The molecule has 0 aromatic carbocycles. The van der Waals surface area contributed by atoms with E-state index in [1.165, 1.54) is 11.3 Å². The Labute approximate surface area is 63.6 Å². The second kappa shape index (κ2) is 3.25. The van der Waals surface area contributed by atoms with Gasteiger partial charge >= 0.3 is 0 Å². The van der Waals surface area contributed by atoms with Crippen molar-refractivity contribution in [2.24, 2.45) is 0 Å². The lowest BCUT2D eigenvalue weighted by Crippen LogP contribution is -2.01. The van der Waals surface area contributed by atoms with Gasteiger partial charge in [-0.1, -0.05) is 17.7 Å². The average molecular weight is 137 g/mol. The molecule has 56 valence electrons. The Morgan fingerprint density at radius 1 is 1.50 bits per heavy atom. The summed E-state index contributed by atoms with van der Waals surface area (Å²) < 4.78 is 0. The summed E-state index contributed by atoms with van der Waals surface area (Å²) in [6, 6.07) is 0. The first-order valence-electron chi connectivity index (χ1n) is 3.54. The van der Waals surface area contributed by atoms with Gasteiger partial charge in [-0.25, -0.2) is 0 Å². The average Bonchev–Trinajstić information content (AvgIpc) is 2.14. The van der Waals surface area contributed by atoms with Crippen LogP contribution >= 0.6 is 0 Å². The highest BCUT2D eigenvalue weighted by atomic mass is 14.8. The third kappa shape index (κ3) is 1.76. The van der Waals surface area contributed by atoms with Gasteiger partial charge in [-0.3, -0.25) is 0 Å². The summed E-state index contributed by atoms with van der Waals surface area (Å²) in [5.74, 6) is 0. The molecule has 0 aliphatic heterocycles. The van der Waals surface area contributed by atoms with Gasteiger partial charge in [0.25, 0.3) is 0 Å². The molecule has 10 heavy (non-hydrogen) atoms. The number of likely N-dealkylation sites (N-methyl/N-ethyl adjacent to an activating group) is 1. The normalized spacial score (nSPS) is 17.4. The van der Waals surface area contributed by atoms with Gasteiger partial charge in [-0.05, 0) is 25.5 Å². The maximum absolute atomic E-state index is 3.09. The molecule has 0 radical (unpaired) electrons. The highest BCUT2D eigenvalue weighted by molar-refractivity contribution is 5.28. The van der Waals surface area contributed by atoms with Crippen molar-refractivity contribution in [3.8, 4) is 0 Å². The van der Waals surface area contributed by atoms with E-state index in [4.69, 9.17) is 0 Å². The number of hydrogen-bond acceptors (Lipinski definition) is 1. The lowest BCUT2D eigenvalue weighted by atomic mass is 10.2. The van der Waals surface area contributed by atoms with E-state index < -0.39 is 0 Å². The molecule has 1 aliphatic carbocycles. The molecule has 1 aliphatic rings. The summed E-state index contributed by atoms with van der Waals surface area (Å²) in [6.07, 6.45) is 9.58. The fourth-order valence-corrected chi connectivity index (χ4v) is 0.894. The van der Waals surface area contributed by atoms with Crippen LogP contribution in [0.5, 0.6) is 0 Å². The molecule has 0 saturated heterocycles. The molecule has 0 saturated carbocycles. The SMILES string of the molecule is CNC1=CC=C(C)CC=C1.[HH]. The van der Waals surface area contributed by atoms with Crippen molar-refractivity contribution in [3.05, 3.63) is 35.6 Å². The summed E-state index contributed by atoms with van der Waals surface area (Å²) in [5, 5.41) is 3.09. The van der Waals surface area contributed by atoms with E-state index in [-0.39, 0.29) is 1.43 Å². The Balaban J connectivity index is 0.000001000. The van der Waals surface area contributed by atoms with Crippen molar-refractivity contribution < 1.29 is 1.43 Å². The molecule has 0 aromatic heterocycles. The summed E-state index contributed by atoms with van der Waals surface area (Å²) in [6.45, 7) is 2.14. The standard InChI is InChI=1S/C9H13N.H2/c1-8-4-3-5-9(10-2)7-6-8;/h3,5-7,10H,4H2,1-2H3;1H. The summed E-state index contributed by atoms with van der Waals surface area (Å²) in [7, 11) is 1.94. The molecular formula is C9H15N. The second-order valence-electron chi connectivity index (χ2n) is 2.49. The molecule has 0 amide bonds. The molecule has 1 N–H and O–H groups in total. The third-order valence-corrected chi connectivity index (χ3v) is 1.57. The predicted octanol–water partition coefficient (Wildman–Crippen LogP) is 2.24. The summed E-state index contributed by atoms with van der Waals surface area (Å²) >= 11 is 0. The van der Waals surface area contributed by atoms with Crippen LogP contribution in [0.3, 0.4) is 0 Å². The number of nitrogens with one attached hydrogen (secondary N) is 1. The van der Waals surface area contributed by atoms with Crippen molar-refractivity contribution >= 4 is 0 Å². The van der Waals surface area contributed by atoms with Gasteiger partial charge < -0.3 is 5.32 Å². The van der Waals surface area contributed by atoms with Gasteiger partial charge in [0.15, 0.2) is 0 Å². The van der Waals surface area contributed by atoms with E-state index in [1.54, 1.807) is 0 Å². The van der Waals surface area contributed by atoms with Crippen LogP contribution in [-0.4, -0.2) is 7.05 Å². The molecule has 0 aromatic rings. The molecule has 1 nitrogen and oxygen atoms in total. The number of rotatable bonds is 1. The van der Waals surface area contributed by atoms with E-state index >= 15 is 0 Å². The van der Waals surface area contributed by atoms with Gasteiger partial charge in [-0.2, -0.15) is 0 Å². The first kappa shape index (κ1) is 7.13. The zero-order chi connectivity index (χ0) is 7.40. The lowest BCUT2D eigenvalue weighted by molar-refractivity contribution is 1.03. The van der Waals surface area contributed by atoms with Crippen LogP contribution in [-0.2, 0) is 0 Å². The van der Waals surface area contributed by atoms with Gasteiger partial charge in [0.1, 0.15) is 0 Å². The third-order valence-electron chi connectivity index (χ3n) is 1.57. The van der Waals surface area contributed by atoms with E-state index in [2.05, 4.69) is 36.5 Å². The van der Waals surface area contributed by atoms with Crippen LogP contribution in [0.15, 0.2) is 35.6 Å². The van der Waals surface area contributed by atoms with Crippen LogP contribution in [0.2, 0.25) is 0 Å². The molecule has 0 atom stereocenters. The van der Waals surface area contributed by atoms with Crippen LogP contribution < -0.4 is 5.32 Å². The Bertz CT molecular complexity index is 202. The fourth-order valence-electron chi connectivity index (χ4n) is 0.894. The van der Waals surface area contributed by atoms with E-state index in [0.717, 1.165) is 6.42 Å². The highest BCUT2D eigenvalue weighted by Gasteiger charge is 1.90. The Morgan fingerprint density at radius 3 is 3.00 bits per heavy atom. The van der Waals surface area contributed by atoms with E-state index in [1.807, 2.05) is 7.05 Å².